The first-order chi connectivity index (χ1) is 10.4. The molecule has 22 heavy (non-hydrogen) atoms. The van der Waals surface area contributed by atoms with Gasteiger partial charge in [0.15, 0.2) is 0 Å². The molecular formula is C17H27FN2OSn. The van der Waals surface area contributed by atoms with Crippen LogP contribution in [0.5, 0.6) is 0 Å². The van der Waals surface area contributed by atoms with Gasteiger partial charge in [0.25, 0.3) is 0 Å². The van der Waals surface area contributed by atoms with E-state index in [-0.39, 0.29) is 18.6 Å². The van der Waals surface area contributed by atoms with E-state index in [2.05, 4.69) is 37.2 Å². The van der Waals surface area contributed by atoms with Gasteiger partial charge in [-0.15, -0.1) is 0 Å². The van der Waals surface area contributed by atoms with Crippen molar-refractivity contribution in [2.45, 2.75) is 33.7 Å². The van der Waals surface area contributed by atoms with E-state index in [1.165, 1.54) is 3.58 Å². The SMILES string of the molecule is [CH3][Sn]([CH3])([CH3])[c]1ccc(C(=O)NC2CCN(CCF)CC2)cc1. The van der Waals surface area contributed by atoms with E-state index in [0.29, 0.717) is 6.54 Å². The van der Waals surface area contributed by atoms with Crippen molar-refractivity contribution in [2.75, 3.05) is 26.3 Å². The molecule has 122 valence electrons. The van der Waals surface area contributed by atoms with Crippen molar-refractivity contribution in [1.29, 1.82) is 0 Å². The molecular weight excluding hydrogens is 386 g/mol. The molecule has 1 aliphatic rings. The summed E-state index contributed by atoms with van der Waals surface area (Å²) in [6, 6.07) is 8.35. The van der Waals surface area contributed by atoms with Crippen LogP contribution in [0.25, 0.3) is 0 Å². The van der Waals surface area contributed by atoms with E-state index < -0.39 is 18.4 Å². The van der Waals surface area contributed by atoms with Crippen LogP contribution in [0.3, 0.4) is 0 Å². The molecule has 1 fully saturated rings. The number of carbonyl (C=O) groups is 1. The van der Waals surface area contributed by atoms with Crippen molar-refractivity contribution in [1.82, 2.24) is 10.2 Å². The topological polar surface area (TPSA) is 32.3 Å². The summed E-state index contributed by atoms with van der Waals surface area (Å²) in [6.45, 7) is 1.96. The zero-order valence-corrected chi connectivity index (χ0v) is 16.7. The van der Waals surface area contributed by atoms with Crippen molar-refractivity contribution in [3.05, 3.63) is 29.8 Å². The summed E-state index contributed by atoms with van der Waals surface area (Å²) in [5.41, 5.74) is 0.741. The first-order valence-corrected chi connectivity index (χ1v) is 18.1. The Morgan fingerprint density at radius 2 is 1.82 bits per heavy atom. The Balaban J connectivity index is 1.88. The van der Waals surface area contributed by atoms with Crippen LogP contribution >= 0.6 is 0 Å². The van der Waals surface area contributed by atoms with E-state index in [1.807, 2.05) is 12.1 Å². The number of carbonyl (C=O) groups excluding carboxylic acids is 1. The number of benzene rings is 1. The van der Waals surface area contributed by atoms with Gasteiger partial charge in [-0.05, 0) is 0 Å². The van der Waals surface area contributed by atoms with Gasteiger partial charge in [-0.1, -0.05) is 0 Å². The number of piperidine rings is 1. The van der Waals surface area contributed by atoms with Gasteiger partial charge in [0.05, 0.1) is 0 Å². The quantitative estimate of drug-likeness (QED) is 0.753. The van der Waals surface area contributed by atoms with Crippen molar-refractivity contribution < 1.29 is 9.18 Å². The molecule has 1 amide bonds. The van der Waals surface area contributed by atoms with E-state index in [4.69, 9.17) is 0 Å². The van der Waals surface area contributed by atoms with Gasteiger partial charge in [0.1, 0.15) is 0 Å². The van der Waals surface area contributed by atoms with E-state index in [0.717, 1.165) is 31.5 Å². The fraction of sp³-hybridized carbons (Fsp3) is 0.588. The summed E-state index contributed by atoms with van der Waals surface area (Å²) < 4.78 is 13.8. The van der Waals surface area contributed by atoms with Crippen molar-refractivity contribution in [3.63, 3.8) is 0 Å². The third-order valence-electron chi connectivity index (χ3n) is 4.34. The molecule has 0 aromatic heterocycles. The molecule has 0 aliphatic carbocycles. The average Bonchev–Trinajstić information content (AvgIpc) is 2.49. The van der Waals surface area contributed by atoms with Crippen LogP contribution in [-0.4, -0.2) is 61.5 Å². The predicted molar refractivity (Wildman–Crippen MR) is 92.3 cm³/mol. The second-order valence-electron chi connectivity index (χ2n) is 7.11. The van der Waals surface area contributed by atoms with Crippen LogP contribution in [0.2, 0.25) is 14.8 Å². The summed E-state index contributed by atoms with van der Waals surface area (Å²) in [5, 5.41) is 3.11. The molecule has 0 spiro atoms. The Morgan fingerprint density at radius 1 is 1.23 bits per heavy atom. The maximum absolute atomic E-state index is 12.3. The molecule has 1 N–H and O–H groups in total. The number of rotatable bonds is 5. The second kappa shape index (κ2) is 7.77. The zero-order chi connectivity index (χ0) is 16.2. The number of amides is 1. The number of likely N-dealkylation sites (tertiary alicyclic amines) is 1. The summed E-state index contributed by atoms with van der Waals surface area (Å²) in [4.78, 5) is 21.5. The molecule has 0 saturated carbocycles. The summed E-state index contributed by atoms with van der Waals surface area (Å²) >= 11 is -2.04. The molecule has 1 saturated heterocycles. The summed E-state index contributed by atoms with van der Waals surface area (Å²) in [5.74, 6) is 0.0135. The molecule has 1 aromatic rings. The number of alkyl halides is 1. The van der Waals surface area contributed by atoms with E-state index in [9.17, 15) is 9.18 Å². The molecule has 0 atom stereocenters. The van der Waals surface area contributed by atoms with Crippen LogP contribution in [0.4, 0.5) is 4.39 Å². The number of halogens is 1. The molecule has 1 aromatic carbocycles. The normalized spacial score (nSPS) is 17.5. The molecule has 5 heteroatoms. The molecule has 1 heterocycles. The van der Waals surface area contributed by atoms with Crippen molar-refractivity contribution >= 4 is 27.9 Å². The van der Waals surface area contributed by atoms with Crippen LogP contribution in [0.15, 0.2) is 24.3 Å². The molecule has 0 unspecified atom stereocenters. The number of hydrogen-bond donors (Lipinski definition) is 1. The third-order valence-corrected chi connectivity index (χ3v) is 10.2. The van der Waals surface area contributed by atoms with Crippen LogP contribution in [0.1, 0.15) is 23.2 Å². The van der Waals surface area contributed by atoms with Gasteiger partial charge in [0, 0.05) is 0 Å². The van der Waals surface area contributed by atoms with Gasteiger partial charge in [-0.2, -0.15) is 0 Å². The van der Waals surface area contributed by atoms with Gasteiger partial charge < -0.3 is 0 Å². The average molecular weight is 413 g/mol. The fourth-order valence-corrected chi connectivity index (χ4v) is 6.14. The van der Waals surface area contributed by atoms with Crippen molar-refractivity contribution in [3.8, 4) is 0 Å². The minimum atomic E-state index is -2.04. The van der Waals surface area contributed by atoms with Gasteiger partial charge in [0.2, 0.25) is 0 Å². The van der Waals surface area contributed by atoms with E-state index >= 15 is 0 Å². The number of hydrogen-bond acceptors (Lipinski definition) is 2. The number of nitrogens with one attached hydrogen (secondary N) is 1. The van der Waals surface area contributed by atoms with Crippen LogP contribution in [-0.2, 0) is 0 Å². The fourth-order valence-electron chi connectivity index (χ4n) is 2.81. The summed E-state index contributed by atoms with van der Waals surface area (Å²) in [6.07, 6.45) is 1.81. The standard InChI is InChI=1S/C14H18FN2O.3CH3.Sn/c15-8-11-17-9-6-13(7-10-17)16-14(18)12-4-2-1-3-5-12;;;;/h2-5,13H,6-11H2,(H,16,18);3*1H3;. The second-order valence-corrected chi connectivity index (χ2v) is 21.6. The van der Waals surface area contributed by atoms with Gasteiger partial charge in [-0.25, -0.2) is 4.39 Å². The first kappa shape index (κ1) is 17.7. The molecule has 0 bridgehead atoms. The monoisotopic (exact) mass is 414 g/mol. The predicted octanol–water partition coefficient (Wildman–Crippen LogP) is 2.40. The van der Waals surface area contributed by atoms with Crippen molar-refractivity contribution in [2.24, 2.45) is 0 Å². The first-order valence-electron chi connectivity index (χ1n) is 8.10. The number of nitrogens with zero attached hydrogens (tertiary/aromatic N) is 1. The zero-order valence-electron chi connectivity index (χ0n) is 13.9. The van der Waals surface area contributed by atoms with Crippen LogP contribution < -0.4 is 8.90 Å². The Morgan fingerprint density at radius 3 is 2.32 bits per heavy atom. The Kier molecular flexibility index (Phi) is 6.26. The Hall–Kier alpha value is -0.621. The molecule has 0 radical (unpaired) electrons. The third kappa shape index (κ3) is 4.95. The van der Waals surface area contributed by atoms with Gasteiger partial charge in [-0.3, -0.25) is 0 Å². The Labute approximate surface area is 137 Å². The van der Waals surface area contributed by atoms with Gasteiger partial charge >= 0.3 is 133 Å². The minimum absolute atomic E-state index is 0.0135. The molecule has 1 aliphatic heterocycles. The molecule has 3 nitrogen and oxygen atoms in total. The van der Waals surface area contributed by atoms with E-state index in [1.54, 1.807) is 0 Å². The Bertz CT molecular complexity index is 490. The maximum atomic E-state index is 12.3. The molecule has 2 rings (SSSR count). The van der Waals surface area contributed by atoms with Crippen LogP contribution in [0, 0.1) is 0 Å². The summed E-state index contributed by atoms with van der Waals surface area (Å²) in [7, 11) is 0.